The first-order valence-electron chi connectivity index (χ1n) is 8.99. The second-order valence-electron chi connectivity index (χ2n) is 6.82. The largest absolute Gasteiger partial charge is 0.334 e. The van der Waals surface area contributed by atoms with Gasteiger partial charge in [-0.1, -0.05) is 30.3 Å². The number of urea groups is 1. The molecule has 0 bridgehead atoms. The Bertz CT molecular complexity index is 728. The molecule has 2 aliphatic rings. The molecule has 2 aromatic rings. The van der Waals surface area contributed by atoms with Gasteiger partial charge in [0.25, 0.3) is 0 Å². The van der Waals surface area contributed by atoms with E-state index in [1.807, 2.05) is 6.07 Å². The topological polar surface area (TPSA) is 75.1 Å². The maximum atomic E-state index is 12.2. The van der Waals surface area contributed by atoms with E-state index in [1.54, 1.807) is 0 Å². The molecule has 2 amide bonds. The van der Waals surface area contributed by atoms with Crippen LogP contribution in [0.25, 0.3) is 0 Å². The second-order valence-corrected chi connectivity index (χ2v) is 6.82. The van der Waals surface area contributed by atoms with Gasteiger partial charge >= 0.3 is 6.03 Å². The van der Waals surface area contributed by atoms with Crippen LogP contribution in [-0.4, -0.2) is 44.8 Å². The molecule has 1 aromatic heterocycles. The van der Waals surface area contributed by atoms with Crippen molar-refractivity contribution in [3.8, 4) is 0 Å². The van der Waals surface area contributed by atoms with E-state index in [4.69, 9.17) is 0 Å². The molecule has 0 spiro atoms. The van der Waals surface area contributed by atoms with Crippen molar-refractivity contribution in [3.63, 3.8) is 0 Å². The highest BCUT2D eigenvalue weighted by molar-refractivity contribution is 5.74. The van der Waals surface area contributed by atoms with E-state index in [9.17, 15) is 4.79 Å². The number of hydrogen-bond acceptors (Lipinski definition) is 4. The molecule has 0 aliphatic carbocycles. The number of carbonyl (C=O) groups is 1. The standard InChI is InChI=1S/C18H24N6O/c25-18(19-11-17-22-21-16-7-4-9-24(16)17)20-15-8-10-23(13-15)12-14-5-2-1-3-6-14/h1-3,5-6,15H,4,7-13H2,(H2,19,20,25). The molecule has 0 radical (unpaired) electrons. The number of nitrogens with one attached hydrogen (secondary N) is 2. The quantitative estimate of drug-likeness (QED) is 0.860. The van der Waals surface area contributed by atoms with Crippen LogP contribution in [0.5, 0.6) is 0 Å². The van der Waals surface area contributed by atoms with Crippen LogP contribution in [0.15, 0.2) is 30.3 Å². The number of aromatic nitrogens is 3. The maximum Gasteiger partial charge on any atom is 0.315 e. The third-order valence-corrected chi connectivity index (χ3v) is 4.95. The number of carbonyl (C=O) groups excluding carboxylic acids is 1. The van der Waals surface area contributed by atoms with Gasteiger partial charge in [0.15, 0.2) is 5.82 Å². The molecule has 3 heterocycles. The Balaban J connectivity index is 1.22. The fourth-order valence-electron chi connectivity index (χ4n) is 3.67. The van der Waals surface area contributed by atoms with E-state index >= 15 is 0 Å². The number of hydrogen-bond donors (Lipinski definition) is 2. The Labute approximate surface area is 147 Å². The molecule has 25 heavy (non-hydrogen) atoms. The second kappa shape index (κ2) is 7.23. The first kappa shape index (κ1) is 16.1. The van der Waals surface area contributed by atoms with Crippen molar-refractivity contribution in [2.24, 2.45) is 0 Å². The van der Waals surface area contributed by atoms with Gasteiger partial charge in [-0.3, -0.25) is 4.90 Å². The highest BCUT2D eigenvalue weighted by Gasteiger charge is 2.24. The zero-order valence-corrected chi connectivity index (χ0v) is 14.3. The smallest absolute Gasteiger partial charge is 0.315 e. The minimum Gasteiger partial charge on any atom is -0.334 e. The summed E-state index contributed by atoms with van der Waals surface area (Å²) in [5, 5.41) is 14.3. The normalized spacial score (nSPS) is 19.8. The van der Waals surface area contributed by atoms with E-state index in [-0.39, 0.29) is 12.1 Å². The van der Waals surface area contributed by atoms with Gasteiger partial charge in [-0.15, -0.1) is 10.2 Å². The van der Waals surface area contributed by atoms with Gasteiger partial charge in [0.1, 0.15) is 5.82 Å². The molecule has 2 aliphatic heterocycles. The van der Waals surface area contributed by atoms with Gasteiger partial charge in [-0.05, 0) is 18.4 Å². The van der Waals surface area contributed by atoms with Gasteiger partial charge < -0.3 is 15.2 Å². The number of nitrogens with zero attached hydrogens (tertiary/aromatic N) is 4. The summed E-state index contributed by atoms with van der Waals surface area (Å²) in [6.45, 7) is 4.23. The van der Waals surface area contributed by atoms with Crippen molar-refractivity contribution in [3.05, 3.63) is 47.5 Å². The predicted octanol–water partition coefficient (Wildman–Crippen LogP) is 1.30. The average Bonchev–Trinajstić information content (AvgIpc) is 3.32. The molecule has 1 fully saturated rings. The van der Waals surface area contributed by atoms with Gasteiger partial charge in [-0.25, -0.2) is 4.79 Å². The SMILES string of the molecule is O=C(NCc1nnc2n1CCC2)NC1CCN(Cc2ccccc2)C1. The van der Waals surface area contributed by atoms with Crippen molar-refractivity contribution in [2.75, 3.05) is 13.1 Å². The molecule has 4 rings (SSSR count). The molecule has 1 atom stereocenters. The zero-order chi connectivity index (χ0) is 17.1. The molecule has 7 heteroatoms. The fraction of sp³-hybridized carbons (Fsp3) is 0.500. The summed E-state index contributed by atoms with van der Waals surface area (Å²) in [5.74, 6) is 1.88. The lowest BCUT2D eigenvalue weighted by Gasteiger charge is -2.17. The van der Waals surface area contributed by atoms with Crippen molar-refractivity contribution in [1.82, 2.24) is 30.3 Å². The Hall–Kier alpha value is -2.41. The Morgan fingerprint density at radius 2 is 2.08 bits per heavy atom. The summed E-state index contributed by atoms with van der Waals surface area (Å²) in [7, 11) is 0. The average molecular weight is 340 g/mol. The number of fused-ring (bicyclic) bond motifs is 1. The van der Waals surface area contributed by atoms with Gasteiger partial charge in [0.05, 0.1) is 6.54 Å². The molecule has 1 unspecified atom stereocenters. The molecule has 1 aromatic carbocycles. The molecule has 2 N–H and O–H groups in total. The van der Waals surface area contributed by atoms with Crippen molar-refractivity contribution >= 4 is 6.03 Å². The summed E-state index contributed by atoms with van der Waals surface area (Å²) in [6, 6.07) is 10.5. The summed E-state index contributed by atoms with van der Waals surface area (Å²) < 4.78 is 2.11. The molecule has 7 nitrogen and oxygen atoms in total. The number of amides is 2. The van der Waals surface area contributed by atoms with Crippen molar-refractivity contribution in [2.45, 2.75) is 44.9 Å². The molecule has 132 valence electrons. The summed E-state index contributed by atoms with van der Waals surface area (Å²) in [6.07, 6.45) is 3.09. The monoisotopic (exact) mass is 340 g/mol. The zero-order valence-electron chi connectivity index (χ0n) is 14.3. The van der Waals surface area contributed by atoms with Crippen LogP contribution in [-0.2, 0) is 26.1 Å². The highest BCUT2D eigenvalue weighted by Crippen LogP contribution is 2.14. The minimum atomic E-state index is -0.123. The Morgan fingerprint density at radius 3 is 2.96 bits per heavy atom. The number of rotatable bonds is 5. The molecule has 0 saturated carbocycles. The first-order valence-corrected chi connectivity index (χ1v) is 8.99. The van der Waals surface area contributed by atoms with Gasteiger partial charge in [0.2, 0.25) is 0 Å². The van der Waals surface area contributed by atoms with E-state index in [1.165, 1.54) is 5.56 Å². The Kier molecular flexibility index (Phi) is 4.65. The Morgan fingerprint density at radius 1 is 1.20 bits per heavy atom. The van der Waals surface area contributed by atoms with E-state index in [2.05, 4.69) is 54.6 Å². The third kappa shape index (κ3) is 3.82. The van der Waals surface area contributed by atoms with Crippen molar-refractivity contribution in [1.29, 1.82) is 0 Å². The minimum absolute atomic E-state index is 0.123. The van der Waals surface area contributed by atoms with Gasteiger partial charge in [-0.2, -0.15) is 0 Å². The van der Waals surface area contributed by atoms with Crippen LogP contribution in [0.3, 0.4) is 0 Å². The van der Waals surface area contributed by atoms with Crippen LogP contribution in [0.4, 0.5) is 4.79 Å². The fourth-order valence-corrected chi connectivity index (χ4v) is 3.67. The maximum absolute atomic E-state index is 12.2. The van der Waals surface area contributed by atoms with E-state index in [0.29, 0.717) is 6.54 Å². The predicted molar refractivity (Wildman–Crippen MR) is 93.8 cm³/mol. The van der Waals surface area contributed by atoms with Gasteiger partial charge in [0, 0.05) is 38.6 Å². The van der Waals surface area contributed by atoms with Crippen LogP contribution >= 0.6 is 0 Å². The molecular formula is C18H24N6O. The lowest BCUT2D eigenvalue weighted by Crippen LogP contribution is -2.43. The summed E-state index contributed by atoms with van der Waals surface area (Å²) >= 11 is 0. The number of aryl methyl sites for hydroxylation is 1. The van der Waals surface area contributed by atoms with Crippen molar-refractivity contribution < 1.29 is 4.79 Å². The molecule has 1 saturated heterocycles. The number of benzene rings is 1. The van der Waals surface area contributed by atoms with Crippen LogP contribution in [0.1, 0.15) is 30.1 Å². The highest BCUT2D eigenvalue weighted by atomic mass is 16.2. The van der Waals surface area contributed by atoms with E-state index < -0.39 is 0 Å². The first-order chi connectivity index (χ1) is 12.3. The summed E-state index contributed by atoms with van der Waals surface area (Å²) in [4.78, 5) is 14.5. The van der Waals surface area contributed by atoms with Crippen LogP contribution < -0.4 is 10.6 Å². The lowest BCUT2D eigenvalue weighted by atomic mass is 10.2. The molecular weight excluding hydrogens is 316 g/mol. The lowest BCUT2D eigenvalue weighted by molar-refractivity contribution is 0.235. The van der Waals surface area contributed by atoms with Crippen LogP contribution in [0, 0.1) is 0 Å². The van der Waals surface area contributed by atoms with Crippen LogP contribution in [0.2, 0.25) is 0 Å². The van der Waals surface area contributed by atoms with E-state index in [0.717, 1.165) is 57.1 Å². The third-order valence-electron chi connectivity index (χ3n) is 4.95. The summed E-state index contributed by atoms with van der Waals surface area (Å²) in [5.41, 5.74) is 1.31. The number of likely N-dealkylation sites (tertiary alicyclic amines) is 1.